The highest BCUT2D eigenvalue weighted by Crippen LogP contribution is 2.45. The second-order valence-corrected chi connectivity index (χ2v) is 10.1. The molecule has 4 rings (SSSR count). The van der Waals surface area contributed by atoms with Crippen LogP contribution in [0.25, 0.3) is 0 Å². The van der Waals surface area contributed by atoms with Crippen molar-refractivity contribution in [1.82, 2.24) is 9.97 Å². The molecule has 5 N–H and O–H groups in total. The summed E-state index contributed by atoms with van der Waals surface area (Å²) >= 11 is 2.32. The minimum Gasteiger partial charge on any atom is -0.493 e. The van der Waals surface area contributed by atoms with E-state index in [1.54, 1.807) is 0 Å². The average molecular weight is 546 g/mol. The minimum atomic E-state index is -3.57. The maximum atomic E-state index is 13.7. The number of nitrogens with one attached hydrogen (secondary N) is 1. The zero-order valence-corrected chi connectivity index (χ0v) is 18.8. The zero-order valence-electron chi connectivity index (χ0n) is 15.9. The Balaban J connectivity index is 1.54. The van der Waals surface area contributed by atoms with E-state index in [2.05, 4.69) is 55.0 Å². The van der Waals surface area contributed by atoms with E-state index >= 15 is 0 Å². The second-order valence-electron chi connectivity index (χ2n) is 7.16. The van der Waals surface area contributed by atoms with Gasteiger partial charge >= 0.3 is 6.08 Å². The maximum Gasteiger partial charge on any atom is 0.312 e. The third-order valence-electron chi connectivity index (χ3n) is 4.88. The molecule has 1 aliphatic heterocycles. The van der Waals surface area contributed by atoms with Crippen LogP contribution < -0.4 is 20.9 Å². The first-order chi connectivity index (χ1) is 14.2. The number of nitrogens with two attached hydrogens (primary N) is 2. The van der Waals surface area contributed by atoms with Crippen LogP contribution in [0.4, 0.5) is 21.7 Å². The van der Waals surface area contributed by atoms with Crippen LogP contribution in [0, 0.1) is 9.65 Å². The SMILES string of the molecule is Nc1nc(F)nc(NCCCS(N)(=O)=O)c1N=C1CC1c1cc2c(cc1I)CCO2. The number of nitrogen functional groups attached to an aromatic ring is 1. The van der Waals surface area contributed by atoms with Crippen molar-refractivity contribution in [3.05, 3.63) is 32.9 Å². The Morgan fingerprint density at radius 2 is 2.17 bits per heavy atom. The van der Waals surface area contributed by atoms with Crippen molar-refractivity contribution >= 4 is 55.6 Å². The van der Waals surface area contributed by atoms with E-state index in [0.29, 0.717) is 6.61 Å². The van der Waals surface area contributed by atoms with Gasteiger partial charge in [-0.05, 0) is 58.7 Å². The first-order valence-corrected chi connectivity index (χ1v) is 12.1. The van der Waals surface area contributed by atoms with Crippen LogP contribution in [-0.2, 0) is 16.4 Å². The van der Waals surface area contributed by atoms with Gasteiger partial charge in [-0.2, -0.15) is 14.4 Å². The molecular weight excluding hydrogens is 526 g/mol. The topological polar surface area (TPSA) is 146 Å². The number of hydrogen-bond acceptors (Lipinski definition) is 8. The van der Waals surface area contributed by atoms with E-state index in [1.165, 1.54) is 5.56 Å². The van der Waals surface area contributed by atoms with Gasteiger partial charge in [-0.3, -0.25) is 0 Å². The van der Waals surface area contributed by atoms with Gasteiger partial charge in [-0.15, -0.1) is 0 Å². The lowest BCUT2D eigenvalue weighted by molar-refractivity contribution is 0.356. The van der Waals surface area contributed by atoms with Gasteiger partial charge in [0.25, 0.3) is 0 Å². The molecule has 1 atom stereocenters. The molecule has 1 aromatic carbocycles. The summed E-state index contributed by atoms with van der Waals surface area (Å²) in [7, 11) is -3.57. The number of fused-ring (bicyclic) bond motifs is 1. The number of benzene rings is 1. The molecule has 0 radical (unpaired) electrons. The predicted octanol–water partition coefficient (Wildman–Crippen LogP) is 2.09. The predicted molar refractivity (Wildman–Crippen MR) is 120 cm³/mol. The molecule has 12 heteroatoms. The van der Waals surface area contributed by atoms with Crippen LogP contribution in [0.2, 0.25) is 0 Å². The second kappa shape index (κ2) is 8.23. The lowest BCUT2D eigenvalue weighted by Crippen LogP contribution is -2.19. The number of nitrogens with zero attached hydrogens (tertiary/aromatic N) is 3. The van der Waals surface area contributed by atoms with E-state index < -0.39 is 16.1 Å². The summed E-state index contributed by atoms with van der Waals surface area (Å²) in [5, 5.41) is 7.87. The van der Waals surface area contributed by atoms with Gasteiger partial charge in [0, 0.05) is 28.2 Å². The van der Waals surface area contributed by atoms with Gasteiger partial charge in [-0.25, -0.2) is 18.5 Å². The molecule has 0 saturated heterocycles. The van der Waals surface area contributed by atoms with Crippen molar-refractivity contribution in [2.75, 3.05) is 30.0 Å². The molecule has 2 aromatic rings. The molecule has 30 heavy (non-hydrogen) atoms. The van der Waals surface area contributed by atoms with Crippen LogP contribution in [0.15, 0.2) is 17.1 Å². The lowest BCUT2D eigenvalue weighted by Gasteiger charge is -2.09. The van der Waals surface area contributed by atoms with Crippen molar-refractivity contribution in [1.29, 1.82) is 0 Å². The number of rotatable bonds is 7. The lowest BCUT2D eigenvalue weighted by atomic mass is 10.1. The largest absolute Gasteiger partial charge is 0.493 e. The molecule has 1 saturated carbocycles. The Bertz CT molecular complexity index is 1140. The quantitative estimate of drug-likeness (QED) is 0.274. The van der Waals surface area contributed by atoms with E-state index in [0.717, 1.165) is 33.4 Å². The van der Waals surface area contributed by atoms with Crippen LogP contribution in [0.3, 0.4) is 0 Å². The van der Waals surface area contributed by atoms with Crippen molar-refractivity contribution in [3.8, 4) is 5.75 Å². The molecular formula is C18H20FIN6O3S. The highest BCUT2D eigenvalue weighted by Gasteiger charge is 2.36. The summed E-state index contributed by atoms with van der Waals surface area (Å²) in [6.45, 7) is 0.915. The van der Waals surface area contributed by atoms with Gasteiger partial charge < -0.3 is 15.8 Å². The number of anilines is 2. The first kappa shape index (κ1) is 21.2. The fourth-order valence-corrected chi connectivity index (χ4v) is 4.80. The smallest absolute Gasteiger partial charge is 0.312 e. The number of aliphatic imine (C=N–C) groups is 1. The van der Waals surface area contributed by atoms with Crippen LogP contribution >= 0.6 is 22.6 Å². The number of ether oxygens (including phenoxy) is 1. The molecule has 1 aromatic heterocycles. The number of hydrogen-bond donors (Lipinski definition) is 3. The number of halogens is 2. The highest BCUT2D eigenvalue weighted by atomic mass is 127. The van der Waals surface area contributed by atoms with E-state index in [1.807, 2.05) is 0 Å². The molecule has 160 valence electrons. The van der Waals surface area contributed by atoms with Crippen LogP contribution in [0.1, 0.15) is 29.9 Å². The molecule has 9 nitrogen and oxygen atoms in total. The fourth-order valence-electron chi connectivity index (χ4n) is 3.34. The Morgan fingerprint density at radius 1 is 1.37 bits per heavy atom. The third-order valence-corrected chi connectivity index (χ3v) is 6.67. The van der Waals surface area contributed by atoms with E-state index in [9.17, 15) is 12.8 Å². The monoisotopic (exact) mass is 546 g/mol. The van der Waals surface area contributed by atoms with Gasteiger partial charge in [0.1, 0.15) is 11.4 Å². The molecule has 2 heterocycles. The van der Waals surface area contributed by atoms with E-state index in [4.69, 9.17) is 15.6 Å². The summed E-state index contributed by atoms with van der Waals surface area (Å²) in [5.74, 6) is 0.888. The van der Waals surface area contributed by atoms with Crippen LogP contribution in [-0.4, -0.2) is 43.0 Å². The van der Waals surface area contributed by atoms with Crippen molar-refractivity contribution < 1.29 is 17.5 Å². The van der Waals surface area contributed by atoms with E-state index in [-0.39, 0.29) is 42.0 Å². The number of aromatic nitrogens is 2. The standard InChI is InChI=1S/C18H20FIN6O3S/c19-18-25-16(21)15(17(26-18)23-3-1-5-30(22,27)28)24-13-7-11(13)10-8-14-9(2-4-29-14)6-12(10)20/h6,8,11H,1-5,7H2,(H2,22,27,28)(H3,21,23,25,26). The van der Waals surface area contributed by atoms with Gasteiger partial charge in [0.15, 0.2) is 11.6 Å². The summed E-state index contributed by atoms with van der Waals surface area (Å²) in [5.41, 5.74) is 9.37. The average Bonchev–Trinajstić information content (AvgIpc) is 3.26. The normalized spacial score (nSPS) is 18.9. The van der Waals surface area contributed by atoms with Crippen molar-refractivity contribution in [2.45, 2.75) is 25.2 Å². The summed E-state index contributed by atoms with van der Waals surface area (Å²) in [6.07, 6.45) is 0.913. The highest BCUT2D eigenvalue weighted by molar-refractivity contribution is 14.1. The van der Waals surface area contributed by atoms with Gasteiger partial charge in [0.2, 0.25) is 10.0 Å². The Kier molecular flexibility index (Phi) is 5.81. The third kappa shape index (κ3) is 4.81. The first-order valence-electron chi connectivity index (χ1n) is 9.31. The Hall–Kier alpha value is -2.06. The summed E-state index contributed by atoms with van der Waals surface area (Å²) < 4.78 is 42.6. The maximum absolute atomic E-state index is 13.7. The van der Waals surface area contributed by atoms with Crippen LogP contribution in [0.5, 0.6) is 5.75 Å². The fraction of sp³-hybridized carbons (Fsp3) is 0.389. The molecule has 0 amide bonds. The molecule has 0 spiro atoms. The number of primary sulfonamides is 1. The Morgan fingerprint density at radius 3 is 2.93 bits per heavy atom. The van der Waals surface area contributed by atoms with Gasteiger partial charge in [0.05, 0.1) is 12.4 Å². The molecule has 2 aliphatic rings. The summed E-state index contributed by atoms with van der Waals surface area (Å²) in [4.78, 5) is 11.9. The van der Waals surface area contributed by atoms with Gasteiger partial charge in [-0.1, -0.05) is 0 Å². The molecule has 1 fully saturated rings. The minimum absolute atomic E-state index is 0.0819. The molecule has 0 bridgehead atoms. The Labute approximate surface area is 186 Å². The van der Waals surface area contributed by atoms with Crippen molar-refractivity contribution in [2.24, 2.45) is 10.1 Å². The molecule has 1 aliphatic carbocycles. The van der Waals surface area contributed by atoms with Crippen molar-refractivity contribution in [3.63, 3.8) is 0 Å². The summed E-state index contributed by atoms with van der Waals surface area (Å²) in [6, 6.07) is 4.20. The number of sulfonamides is 1. The zero-order chi connectivity index (χ0) is 21.5. The molecule has 1 unspecified atom stereocenters.